The van der Waals surface area contributed by atoms with E-state index in [0.717, 1.165) is 0 Å². The number of benzene rings is 1. The van der Waals surface area contributed by atoms with Crippen molar-refractivity contribution in [2.75, 3.05) is 7.11 Å². The van der Waals surface area contributed by atoms with Gasteiger partial charge in [-0.3, -0.25) is 0 Å². The van der Waals surface area contributed by atoms with E-state index in [1.165, 1.54) is 19.2 Å². The summed E-state index contributed by atoms with van der Waals surface area (Å²) in [5.74, 6) is -0.597. The van der Waals surface area contributed by atoms with E-state index in [2.05, 4.69) is 4.74 Å². The largest absolute Gasteiger partial charge is 0.465 e. The van der Waals surface area contributed by atoms with Gasteiger partial charge in [0.25, 0.3) is 0 Å². The quantitative estimate of drug-likeness (QED) is 0.733. The van der Waals surface area contributed by atoms with Gasteiger partial charge in [0, 0.05) is 0 Å². The van der Waals surface area contributed by atoms with Crippen LogP contribution >= 0.6 is 0 Å². The highest BCUT2D eigenvalue weighted by molar-refractivity contribution is 5.93. The number of rotatable bonds is 3. The molecule has 0 unspecified atom stereocenters. The van der Waals surface area contributed by atoms with Crippen molar-refractivity contribution in [3.05, 3.63) is 41.2 Å². The third kappa shape index (κ3) is 3.19. The monoisotopic (exact) mass is 222 g/mol. The van der Waals surface area contributed by atoms with E-state index < -0.39 is 11.8 Å². The van der Waals surface area contributed by atoms with Crippen LogP contribution in [0.5, 0.6) is 0 Å². The van der Waals surface area contributed by atoms with Crippen LogP contribution in [0.15, 0.2) is 24.3 Å². The number of hydrogen-bond donors (Lipinski definition) is 0. The average Bonchev–Trinajstić information content (AvgIpc) is 2.26. The summed E-state index contributed by atoms with van der Waals surface area (Å²) in [5.41, 5.74) is 0.918. The summed E-state index contributed by atoms with van der Waals surface area (Å²) in [6.07, 6.45) is 3.75. The Hall–Kier alpha value is -1.64. The Bertz CT molecular complexity index is 408. The first-order chi connectivity index (χ1) is 7.54. The Balaban J connectivity index is 3.12. The molecule has 0 saturated heterocycles. The first-order valence-corrected chi connectivity index (χ1v) is 5.10. The minimum absolute atomic E-state index is 0.249. The molecule has 1 rings (SSSR count). The fraction of sp³-hybridized carbons (Fsp3) is 0.308. The van der Waals surface area contributed by atoms with Gasteiger partial charge in [0.05, 0.1) is 12.7 Å². The van der Waals surface area contributed by atoms with Gasteiger partial charge in [0.1, 0.15) is 5.82 Å². The smallest absolute Gasteiger partial charge is 0.338 e. The van der Waals surface area contributed by atoms with Crippen LogP contribution < -0.4 is 0 Å². The van der Waals surface area contributed by atoms with Crippen molar-refractivity contribution in [1.29, 1.82) is 0 Å². The Morgan fingerprint density at radius 1 is 1.44 bits per heavy atom. The second-order valence-corrected chi connectivity index (χ2v) is 3.83. The van der Waals surface area contributed by atoms with E-state index >= 15 is 0 Å². The van der Waals surface area contributed by atoms with Crippen LogP contribution in [0, 0.1) is 11.7 Å². The van der Waals surface area contributed by atoms with E-state index in [-0.39, 0.29) is 5.56 Å². The lowest BCUT2D eigenvalue weighted by Crippen LogP contribution is -2.04. The zero-order chi connectivity index (χ0) is 12.1. The van der Waals surface area contributed by atoms with Crippen LogP contribution in [-0.2, 0) is 4.74 Å². The molecule has 1 aromatic carbocycles. The summed E-state index contributed by atoms with van der Waals surface area (Å²) in [4.78, 5) is 11.4. The van der Waals surface area contributed by atoms with Crippen LogP contribution in [0.4, 0.5) is 4.39 Å². The van der Waals surface area contributed by atoms with Gasteiger partial charge in [0.2, 0.25) is 0 Å². The van der Waals surface area contributed by atoms with Gasteiger partial charge in [-0.2, -0.15) is 0 Å². The number of allylic oxidation sites excluding steroid dienone is 1. The molecule has 0 atom stereocenters. The van der Waals surface area contributed by atoms with E-state index in [1.807, 2.05) is 19.9 Å². The Morgan fingerprint density at radius 3 is 2.69 bits per heavy atom. The molecule has 0 fully saturated rings. The molecular weight excluding hydrogens is 207 g/mol. The molecule has 0 heterocycles. The summed E-state index contributed by atoms with van der Waals surface area (Å²) >= 11 is 0. The number of esters is 1. The molecule has 86 valence electrons. The Kier molecular flexibility index (Phi) is 4.23. The van der Waals surface area contributed by atoms with Crippen molar-refractivity contribution < 1.29 is 13.9 Å². The Labute approximate surface area is 94.7 Å². The number of hydrogen-bond acceptors (Lipinski definition) is 2. The predicted octanol–water partition coefficient (Wildman–Crippen LogP) is 3.28. The minimum Gasteiger partial charge on any atom is -0.465 e. The number of methoxy groups -OCH3 is 1. The van der Waals surface area contributed by atoms with E-state index in [1.54, 1.807) is 12.1 Å². The minimum atomic E-state index is -0.525. The second kappa shape index (κ2) is 5.45. The third-order valence-electron chi connectivity index (χ3n) is 2.08. The maximum atomic E-state index is 13.0. The van der Waals surface area contributed by atoms with Crippen molar-refractivity contribution in [3.63, 3.8) is 0 Å². The highest BCUT2D eigenvalue weighted by Gasteiger charge is 2.10. The maximum Gasteiger partial charge on any atom is 0.338 e. The van der Waals surface area contributed by atoms with E-state index in [4.69, 9.17) is 0 Å². The molecular formula is C13H15FO2. The van der Waals surface area contributed by atoms with E-state index in [9.17, 15) is 9.18 Å². The third-order valence-corrected chi connectivity index (χ3v) is 2.08. The topological polar surface area (TPSA) is 26.3 Å². The molecule has 2 nitrogen and oxygen atoms in total. The zero-order valence-corrected chi connectivity index (χ0v) is 9.66. The maximum absolute atomic E-state index is 13.0. The highest BCUT2D eigenvalue weighted by atomic mass is 19.1. The summed E-state index contributed by atoms with van der Waals surface area (Å²) in [6.45, 7) is 4.05. The molecule has 0 aliphatic carbocycles. The van der Waals surface area contributed by atoms with Crippen LogP contribution in [-0.4, -0.2) is 13.1 Å². The first-order valence-electron chi connectivity index (χ1n) is 5.10. The number of halogens is 1. The van der Waals surface area contributed by atoms with Gasteiger partial charge >= 0.3 is 5.97 Å². The van der Waals surface area contributed by atoms with Crippen molar-refractivity contribution in [1.82, 2.24) is 0 Å². The standard InChI is InChI=1S/C13H15FO2/c1-9(2)4-5-10-6-7-11(14)8-12(10)13(15)16-3/h4-9H,1-3H3/b5-4+. The summed E-state index contributed by atoms with van der Waals surface area (Å²) in [6, 6.07) is 4.08. The predicted molar refractivity (Wildman–Crippen MR) is 61.6 cm³/mol. The van der Waals surface area contributed by atoms with Gasteiger partial charge in [-0.05, 0) is 23.6 Å². The van der Waals surface area contributed by atoms with Gasteiger partial charge in [-0.25, -0.2) is 9.18 Å². The summed E-state index contributed by atoms with van der Waals surface area (Å²) in [7, 11) is 1.28. The normalized spacial score (nSPS) is 11.1. The number of ether oxygens (including phenoxy) is 1. The van der Waals surface area contributed by atoms with Crippen LogP contribution in [0.25, 0.3) is 6.08 Å². The molecule has 0 bridgehead atoms. The molecule has 0 spiro atoms. The molecule has 0 amide bonds. The van der Waals surface area contributed by atoms with Crippen LogP contribution in [0.1, 0.15) is 29.8 Å². The molecule has 1 aromatic rings. The second-order valence-electron chi connectivity index (χ2n) is 3.83. The van der Waals surface area contributed by atoms with Crippen molar-refractivity contribution in [3.8, 4) is 0 Å². The lowest BCUT2D eigenvalue weighted by atomic mass is 10.0. The number of carbonyl (C=O) groups is 1. The molecule has 16 heavy (non-hydrogen) atoms. The van der Waals surface area contributed by atoms with Crippen molar-refractivity contribution >= 4 is 12.0 Å². The van der Waals surface area contributed by atoms with Crippen LogP contribution in [0.3, 0.4) is 0 Å². The average molecular weight is 222 g/mol. The van der Waals surface area contributed by atoms with Gasteiger partial charge in [-0.15, -0.1) is 0 Å². The SMILES string of the molecule is COC(=O)c1cc(F)ccc1/C=C/C(C)C. The molecule has 3 heteroatoms. The molecule has 0 N–H and O–H groups in total. The fourth-order valence-corrected chi connectivity index (χ4v) is 1.26. The van der Waals surface area contributed by atoms with Gasteiger partial charge in [-0.1, -0.05) is 32.1 Å². The first kappa shape index (κ1) is 12.4. The van der Waals surface area contributed by atoms with Crippen molar-refractivity contribution in [2.45, 2.75) is 13.8 Å². The summed E-state index contributed by atoms with van der Waals surface area (Å²) < 4.78 is 17.6. The molecule has 0 aromatic heterocycles. The summed E-state index contributed by atoms with van der Waals surface area (Å²) in [5, 5.41) is 0. The molecule has 0 saturated carbocycles. The lowest BCUT2D eigenvalue weighted by Gasteiger charge is -2.04. The lowest BCUT2D eigenvalue weighted by molar-refractivity contribution is 0.0600. The highest BCUT2D eigenvalue weighted by Crippen LogP contribution is 2.15. The van der Waals surface area contributed by atoms with Crippen molar-refractivity contribution in [2.24, 2.45) is 5.92 Å². The van der Waals surface area contributed by atoms with E-state index in [0.29, 0.717) is 11.5 Å². The fourth-order valence-electron chi connectivity index (χ4n) is 1.26. The van der Waals surface area contributed by atoms with Gasteiger partial charge in [0.15, 0.2) is 0 Å². The zero-order valence-electron chi connectivity index (χ0n) is 9.66. The Morgan fingerprint density at radius 2 is 2.12 bits per heavy atom. The van der Waals surface area contributed by atoms with Crippen LogP contribution in [0.2, 0.25) is 0 Å². The molecule has 0 aliphatic rings. The van der Waals surface area contributed by atoms with Gasteiger partial charge < -0.3 is 4.74 Å². The molecule has 0 aliphatic heterocycles. The molecule has 0 radical (unpaired) electrons. The number of carbonyl (C=O) groups excluding carboxylic acids is 1.